The van der Waals surface area contributed by atoms with E-state index in [1.807, 2.05) is 18.2 Å². The molecule has 3 heteroatoms. The summed E-state index contributed by atoms with van der Waals surface area (Å²) >= 11 is 3.55. The minimum Gasteiger partial charge on any atom is -0.372 e. The zero-order chi connectivity index (χ0) is 14.9. The summed E-state index contributed by atoms with van der Waals surface area (Å²) in [5.74, 6) is 0. The van der Waals surface area contributed by atoms with E-state index in [1.54, 1.807) is 0 Å². The summed E-state index contributed by atoms with van der Waals surface area (Å²) in [6.07, 6.45) is 1.04. The van der Waals surface area contributed by atoms with Crippen molar-refractivity contribution in [1.82, 2.24) is 5.32 Å². The number of likely N-dealkylation sites (N-methyl/N-ethyl adjacent to an activating group) is 1. The van der Waals surface area contributed by atoms with Gasteiger partial charge in [0.2, 0.25) is 0 Å². The van der Waals surface area contributed by atoms with Crippen LogP contribution in [-0.2, 0) is 24.4 Å². The normalized spacial score (nSPS) is 10.8. The lowest BCUT2D eigenvalue weighted by Gasteiger charge is -2.11. The van der Waals surface area contributed by atoms with Gasteiger partial charge in [-0.2, -0.15) is 0 Å². The molecular weight excluding hydrogens is 326 g/mol. The minimum absolute atomic E-state index is 0.628. The molecule has 0 aromatic heterocycles. The molecular formula is C18H22BrNO. The monoisotopic (exact) mass is 347 g/mol. The van der Waals surface area contributed by atoms with Gasteiger partial charge in [-0.05, 0) is 42.3 Å². The van der Waals surface area contributed by atoms with Crippen LogP contribution >= 0.6 is 15.9 Å². The Balaban J connectivity index is 1.89. The van der Waals surface area contributed by atoms with Gasteiger partial charge in [-0.3, -0.25) is 0 Å². The van der Waals surface area contributed by atoms with Crippen LogP contribution in [0.3, 0.4) is 0 Å². The molecule has 0 radical (unpaired) electrons. The molecule has 21 heavy (non-hydrogen) atoms. The van der Waals surface area contributed by atoms with E-state index < -0.39 is 0 Å². The van der Waals surface area contributed by atoms with Crippen molar-refractivity contribution in [3.8, 4) is 0 Å². The van der Waals surface area contributed by atoms with Crippen molar-refractivity contribution in [3.05, 3.63) is 69.7 Å². The number of halogens is 1. The fourth-order valence-corrected chi connectivity index (χ4v) is 2.63. The molecule has 2 aromatic rings. The molecule has 0 aliphatic heterocycles. The van der Waals surface area contributed by atoms with Crippen molar-refractivity contribution in [2.75, 3.05) is 13.1 Å². The van der Waals surface area contributed by atoms with Gasteiger partial charge in [-0.15, -0.1) is 0 Å². The van der Waals surface area contributed by atoms with Crippen molar-refractivity contribution in [3.63, 3.8) is 0 Å². The Morgan fingerprint density at radius 3 is 2.24 bits per heavy atom. The minimum atomic E-state index is 0.628. The molecule has 0 saturated carbocycles. The van der Waals surface area contributed by atoms with Crippen LogP contribution in [0.25, 0.3) is 0 Å². The highest BCUT2D eigenvalue weighted by molar-refractivity contribution is 9.10. The van der Waals surface area contributed by atoms with E-state index in [1.165, 1.54) is 16.7 Å². The molecule has 0 aliphatic rings. The Morgan fingerprint density at radius 2 is 1.52 bits per heavy atom. The molecule has 0 unspecified atom stereocenters. The molecule has 2 aromatic carbocycles. The first kappa shape index (κ1) is 16.2. The number of hydrogen-bond acceptors (Lipinski definition) is 2. The fraction of sp³-hybridized carbons (Fsp3) is 0.333. The van der Waals surface area contributed by atoms with E-state index in [-0.39, 0.29) is 0 Å². The highest BCUT2D eigenvalue weighted by atomic mass is 79.9. The molecule has 0 heterocycles. The first-order chi connectivity index (χ1) is 10.3. The Labute approximate surface area is 135 Å². The predicted molar refractivity (Wildman–Crippen MR) is 91.3 cm³/mol. The molecule has 0 saturated heterocycles. The van der Waals surface area contributed by atoms with Gasteiger partial charge in [-0.25, -0.2) is 0 Å². The highest BCUT2D eigenvalue weighted by Gasteiger charge is 2.03. The summed E-state index contributed by atoms with van der Waals surface area (Å²) in [7, 11) is 0. The molecule has 0 bridgehead atoms. The summed E-state index contributed by atoms with van der Waals surface area (Å²) in [6.45, 7) is 5.44. The van der Waals surface area contributed by atoms with Crippen LogP contribution < -0.4 is 5.32 Å². The van der Waals surface area contributed by atoms with Crippen molar-refractivity contribution in [2.45, 2.75) is 26.6 Å². The summed E-state index contributed by atoms with van der Waals surface area (Å²) in [4.78, 5) is 0. The van der Waals surface area contributed by atoms with E-state index in [0.29, 0.717) is 13.2 Å². The van der Waals surface area contributed by atoms with E-state index in [9.17, 15) is 0 Å². The Hall–Kier alpha value is -1.16. The average Bonchev–Trinajstić information content (AvgIpc) is 2.51. The lowest BCUT2D eigenvalue weighted by atomic mass is 10.1. The van der Waals surface area contributed by atoms with E-state index in [4.69, 9.17) is 4.74 Å². The van der Waals surface area contributed by atoms with Gasteiger partial charge in [0.05, 0.1) is 13.2 Å². The third-order valence-corrected chi connectivity index (χ3v) is 4.19. The molecule has 0 fully saturated rings. The molecule has 0 amide bonds. The molecule has 1 N–H and O–H groups in total. The summed E-state index contributed by atoms with van der Waals surface area (Å²) in [5, 5.41) is 3.37. The molecule has 0 spiro atoms. The SMILES string of the molecule is CCNCCc1ccccc1COCc1ccccc1Br. The largest absolute Gasteiger partial charge is 0.372 e. The third-order valence-electron chi connectivity index (χ3n) is 3.41. The van der Waals surface area contributed by atoms with Crippen LogP contribution in [0.2, 0.25) is 0 Å². The standard InChI is InChI=1S/C18H22BrNO/c1-2-20-12-11-15-7-3-4-8-16(15)13-21-14-17-9-5-6-10-18(17)19/h3-10,20H,2,11-14H2,1H3. The first-order valence-corrected chi connectivity index (χ1v) is 8.19. The predicted octanol–water partition coefficient (Wildman–Crippen LogP) is 4.32. The number of ether oxygens (including phenoxy) is 1. The summed E-state index contributed by atoms with van der Waals surface area (Å²) in [6, 6.07) is 16.7. The van der Waals surface area contributed by atoms with Crippen LogP contribution in [0.15, 0.2) is 53.0 Å². The Bertz CT molecular complexity index is 556. The van der Waals surface area contributed by atoms with Crippen LogP contribution in [0, 0.1) is 0 Å². The second kappa shape index (κ2) is 8.98. The number of nitrogens with one attached hydrogen (secondary N) is 1. The lowest BCUT2D eigenvalue weighted by Crippen LogP contribution is -2.16. The number of benzene rings is 2. The van der Waals surface area contributed by atoms with Gasteiger partial charge in [-0.1, -0.05) is 65.3 Å². The van der Waals surface area contributed by atoms with Crippen molar-refractivity contribution in [2.24, 2.45) is 0 Å². The van der Waals surface area contributed by atoms with Crippen LogP contribution in [0.1, 0.15) is 23.6 Å². The zero-order valence-electron chi connectivity index (χ0n) is 12.4. The topological polar surface area (TPSA) is 21.3 Å². The Morgan fingerprint density at radius 1 is 0.905 bits per heavy atom. The highest BCUT2D eigenvalue weighted by Crippen LogP contribution is 2.18. The fourth-order valence-electron chi connectivity index (χ4n) is 2.23. The van der Waals surface area contributed by atoms with Gasteiger partial charge >= 0.3 is 0 Å². The van der Waals surface area contributed by atoms with Gasteiger partial charge in [0.25, 0.3) is 0 Å². The third kappa shape index (κ3) is 5.27. The van der Waals surface area contributed by atoms with Crippen LogP contribution in [0.4, 0.5) is 0 Å². The smallest absolute Gasteiger partial charge is 0.0732 e. The second-order valence-electron chi connectivity index (χ2n) is 4.96. The lowest BCUT2D eigenvalue weighted by molar-refractivity contribution is 0.106. The molecule has 0 aliphatic carbocycles. The Kier molecular flexibility index (Phi) is 6.93. The van der Waals surface area contributed by atoms with Crippen molar-refractivity contribution in [1.29, 1.82) is 0 Å². The summed E-state index contributed by atoms with van der Waals surface area (Å²) < 4.78 is 6.99. The maximum absolute atomic E-state index is 5.88. The number of rotatable bonds is 8. The first-order valence-electron chi connectivity index (χ1n) is 7.40. The zero-order valence-corrected chi connectivity index (χ0v) is 14.0. The molecule has 2 rings (SSSR count). The maximum atomic E-state index is 5.88. The maximum Gasteiger partial charge on any atom is 0.0732 e. The van der Waals surface area contributed by atoms with Crippen LogP contribution in [0.5, 0.6) is 0 Å². The van der Waals surface area contributed by atoms with Crippen molar-refractivity contribution < 1.29 is 4.74 Å². The van der Waals surface area contributed by atoms with E-state index in [2.05, 4.69) is 58.5 Å². The van der Waals surface area contributed by atoms with Crippen LogP contribution in [-0.4, -0.2) is 13.1 Å². The average molecular weight is 348 g/mol. The van der Waals surface area contributed by atoms with Gasteiger partial charge in [0, 0.05) is 4.47 Å². The molecule has 2 nitrogen and oxygen atoms in total. The van der Waals surface area contributed by atoms with E-state index in [0.717, 1.165) is 24.0 Å². The van der Waals surface area contributed by atoms with Gasteiger partial charge in [0.1, 0.15) is 0 Å². The molecule has 112 valence electrons. The van der Waals surface area contributed by atoms with Crippen molar-refractivity contribution >= 4 is 15.9 Å². The van der Waals surface area contributed by atoms with Gasteiger partial charge in [0.15, 0.2) is 0 Å². The summed E-state index contributed by atoms with van der Waals surface area (Å²) in [5.41, 5.74) is 3.83. The quantitative estimate of drug-likeness (QED) is 0.718. The molecule has 0 atom stereocenters. The number of hydrogen-bond donors (Lipinski definition) is 1. The van der Waals surface area contributed by atoms with E-state index >= 15 is 0 Å². The second-order valence-corrected chi connectivity index (χ2v) is 5.81. The van der Waals surface area contributed by atoms with Gasteiger partial charge < -0.3 is 10.1 Å².